The summed E-state index contributed by atoms with van der Waals surface area (Å²) in [6.45, 7) is 6.58. The van der Waals surface area contributed by atoms with Gasteiger partial charge in [0.25, 0.3) is 0 Å². The number of nitrogens with zero attached hydrogens (tertiary/aromatic N) is 2. The fourth-order valence-electron chi connectivity index (χ4n) is 3.58. The number of benzene rings is 1. The number of hydrogen-bond donors (Lipinski definition) is 1. The molecule has 28 heavy (non-hydrogen) atoms. The standard InChI is InChI=1S/C20H27N3O5/c1-20(2,3)28-19(26)22-10-8-14(9-11-22)23-15-7-5-6-13(12-16(24)27-4)17(15)21-18(23)25/h5-7,14H,8-12H2,1-4H3,(H,21,25). The fraction of sp³-hybridized carbons (Fsp3) is 0.550. The Labute approximate surface area is 163 Å². The second-order valence-electron chi connectivity index (χ2n) is 8.06. The number of hydrogen-bond acceptors (Lipinski definition) is 5. The number of imidazole rings is 1. The van der Waals surface area contributed by atoms with Crippen molar-refractivity contribution in [2.24, 2.45) is 0 Å². The molecule has 1 fully saturated rings. The molecule has 0 spiro atoms. The van der Waals surface area contributed by atoms with Crippen molar-refractivity contribution in [3.05, 3.63) is 34.2 Å². The number of piperidine rings is 1. The molecule has 8 nitrogen and oxygen atoms in total. The number of amides is 1. The van der Waals surface area contributed by atoms with Gasteiger partial charge in [0, 0.05) is 19.1 Å². The molecular formula is C20H27N3O5. The van der Waals surface area contributed by atoms with E-state index in [1.54, 1.807) is 9.47 Å². The summed E-state index contributed by atoms with van der Waals surface area (Å²) in [7, 11) is 1.34. The van der Waals surface area contributed by atoms with Crippen molar-refractivity contribution in [3.8, 4) is 0 Å². The maximum atomic E-state index is 12.6. The zero-order valence-electron chi connectivity index (χ0n) is 16.8. The fourth-order valence-corrected chi connectivity index (χ4v) is 3.58. The third kappa shape index (κ3) is 4.21. The van der Waals surface area contributed by atoms with E-state index in [4.69, 9.17) is 9.47 Å². The first-order valence-corrected chi connectivity index (χ1v) is 9.46. The number of rotatable bonds is 3. The van der Waals surface area contributed by atoms with Crippen LogP contribution < -0.4 is 5.69 Å². The van der Waals surface area contributed by atoms with Gasteiger partial charge < -0.3 is 19.4 Å². The lowest BCUT2D eigenvalue weighted by Crippen LogP contribution is -2.43. The van der Waals surface area contributed by atoms with Gasteiger partial charge in [0.2, 0.25) is 0 Å². The quantitative estimate of drug-likeness (QED) is 0.815. The Morgan fingerprint density at radius 2 is 1.89 bits per heavy atom. The summed E-state index contributed by atoms with van der Waals surface area (Å²) >= 11 is 0. The van der Waals surface area contributed by atoms with Crippen LogP contribution in [-0.4, -0.2) is 52.3 Å². The lowest BCUT2D eigenvalue weighted by Gasteiger charge is -2.33. The number of carbonyl (C=O) groups is 2. The van der Waals surface area contributed by atoms with Gasteiger partial charge in [-0.25, -0.2) is 9.59 Å². The third-order valence-corrected chi connectivity index (χ3v) is 4.88. The average Bonchev–Trinajstić information content (AvgIpc) is 2.97. The van der Waals surface area contributed by atoms with Gasteiger partial charge in [-0.2, -0.15) is 0 Å². The molecule has 8 heteroatoms. The van der Waals surface area contributed by atoms with E-state index < -0.39 is 5.60 Å². The summed E-state index contributed by atoms with van der Waals surface area (Å²) in [5.74, 6) is -0.355. The molecule has 2 aromatic rings. The molecule has 1 saturated heterocycles. The average molecular weight is 389 g/mol. The predicted molar refractivity (Wildman–Crippen MR) is 104 cm³/mol. The largest absolute Gasteiger partial charge is 0.469 e. The summed E-state index contributed by atoms with van der Waals surface area (Å²) in [5, 5.41) is 0. The van der Waals surface area contributed by atoms with Gasteiger partial charge in [-0.3, -0.25) is 9.36 Å². The van der Waals surface area contributed by atoms with Crippen LogP contribution in [0, 0.1) is 0 Å². The number of esters is 1. The molecule has 0 bridgehead atoms. The molecule has 1 aromatic heterocycles. The van der Waals surface area contributed by atoms with Crippen LogP contribution in [0.5, 0.6) is 0 Å². The molecule has 0 radical (unpaired) electrons. The Kier molecular flexibility index (Phi) is 5.49. The molecule has 1 amide bonds. The van der Waals surface area contributed by atoms with Crippen molar-refractivity contribution < 1.29 is 19.1 Å². The van der Waals surface area contributed by atoms with Crippen molar-refractivity contribution in [1.82, 2.24) is 14.5 Å². The van der Waals surface area contributed by atoms with E-state index >= 15 is 0 Å². The molecule has 1 aliphatic rings. The Morgan fingerprint density at radius 3 is 2.50 bits per heavy atom. The van der Waals surface area contributed by atoms with E-state index in [-0.39, 0.29) is 30.2 Å². The van der Waals surface area contributed by atoms with Gasteiger partial charge in [0.1, 0.15) is 5.60 Å². The van der Waals surface area contributed by atoms with Crippen LogP contribution >= 0.6 is 0 Å². The number of carbonyl (C=O) groups excluding carboxylic acids is 2. The molecule has 0 unspecified atom stereocenters. The van der Waals surface area contributed by atoms with Crippen LogP contribution in [0.25, 0.3) is 11.0 Å². The Morgan fingerprint density at radius 1 is 1.21 bits per heavy atom. The minimum absolute atomic E-state index is 0.0201. The van der Waals surface area contributed by atoms with Gasteiger partial charge in [-0.05, 0) is 45.2 Å². The molecule has 2 heterocycles. The van der Waals surface area contributed by atoms with Crippen LogP contribution in [0.1, 0.15) is 45.2 Å². The molecule has 0 atom stereocenters. The first kappa shape index (κ1) is 20.0. The third-order valence-electron chi connectivity index (χ3n) is 4.88. The molecule has 1 N–H and O–H groups in total. The van der Waals surface area contributed by atoms with Gasteiger partial charge >= 0.3 is 17.8 Å². The normalized spacial score (nSPS) is 15.6. The summed E-state index contributed by atoms with van der Waals surface area (Å²) in [5.41, 5.74) is 1.42. The number of ether oxygens (including phenoxy) is 2. The van der Waals surface area contributed by atoms with Gasteiger partial charge in [0.15, 0.2) is 0 Å². The summed E-state index contributed by atoms with van der Waals surface area (Å²) in [4.78, 5) is 41.1. The maximum Gasteiger partial charge on any atom is 0.410 e. The van der Waals surface area contributed by atoms with Crippen LogP contribution in [0.3, 0.4) is 0 Å². The highest BCUT2D eigenvalue weighted by molar-refractivity contribution is 5.84. The number of fused-ring (bicyclic) bond motifs is 1. The first-order valence-electron chi connectivity index (χ1n) is 9.46. The Hall–Kier alpha value is -2.77. The highest BCUT2D eigenvalue weighted by Crippen LogP contribution is 2.27. The van der Waals surface area contributed by atoms with E-state index in [0.29, 0.717) is 31.4 Å². The molecule has 152 valence electrons. The zero-order chi connectivity index (χ0) is 20.5. The number of methoxy groups -OCH3 is 1. The number of aromatic amines is 1. The van der Waals surface area contributed by atoms with Crippen molar-refractivity contribution in [3.63, 3.8) is 0 Å². The SMILES string of the molecule is COC(=O)Cc1cccc2c1[nH]c(=O)n2C1CCN(C(=O)OC(C)(C)C)CC1. The van der Waals surface area contributed by atoms with Gasteiger partial charge in [-0.1, -0.05) is 12.1 Å². The van der Waals surface area contributed by atoms with Gasteiger partial charge in [-0.15, -0.1) is 0 Å². The summed E-state index contributed by atoms with van der Waals surface area (Å²) in [6, 6.07) is 5.49. The van der Waals surface area contributed by atoms with E-state index in [1.807, 2.05) is 39.0 Å². The van der Waals surface area contributed by atoms with E-state index in [2.05, 4.69) is 4.98 Å². The molecule has 1 aliphatic heterocycles. The number of aromatic nitrogens is 2. The van der Waals surface area contributed by atoms with Crippen molar-refractivity contribution in [1.29, 1.82) is 0 Å². The highest BCUT2D eigenvalue weighted by atomic mass is 16.6. The first-order chi connectivity index (χ1) is 13.2. The van der Waals surface area contributed by atoms with Crippen LogP contribution in [0.4, 0.5) is 4.79 Å². The van der Waals surface area contributed by atoms with E-state index in [0.717, 1.165) is 11.1 Å². The van der Waals surface area contributed by atoms with Crippen LogP contribution in [-0.2, 0) is 20.7 Å². The van der Waals surface area contributed by atoms with Crippen LogP contribution in [0.15, 0.2) is 23.0 Å². The van der Waals surface area contributed by atoms with Crippen LogP contribution in [0.2, 0.25) is 0 Å². The topological polar surface area (TPSA) is 93.6 Å². The molecule has 0 aliphatic carbocycles. The zero-order valence-corrected chi connectivity index (χ0v) is 16.8. The van der Waals surface area contributed by atoms with Gasteiger partial charge in [0.05, 0.1) is 24.6 Å². The minimum Gasteiger partial charge on any atom is -0.469 e. The molecule has 0 saturated carbocycles. The molecule has 3 rings (SSSR count). The van der Waals surface area contributed by atoms with Crippen molar-refractivity contribution in [2.75, 3.05) is 20.2 Å². The number of H-pyrrole nitrogens is 1. The monoisotopic (exact) mass is 389 g/mol. The van der Waals surface area contributed by atoms with Crippen molar-refractivity contribution >= 4 is 23.1 Å². The van der Waals surface area contributed by atoms with E-state index in [1.165, 1.54) is 7.11 Å². The second kappa shape index (κ2) is 7.69. The number of para-hydroxylation sites is 1. The number of nitrogens with one attached hydrogen (secondary N) is 1. The summed E-state index contributed by atoms with van der Waals surface area (Å²) < 4.78 is 11.9. The number of likely N-dealkylation sites (tertiary alicyclic amines) is 1. The minimum atomic E-state index is -0.530. The maximum absolute atomic E-state index is 12.6. The second-order valence-corrected chi connectivity index (χ2v) is 8.06. The lowest BCUT2D eigenvalue weighted by atomic mass is 10.0. The highest BCUT2D eigenvalue weighted by Gasteiger charge is 2.29. The molecule has 1 aromatic carbocycles. The smallest absolute Gasteiger partial charge is 0.410 e. The predicted octanol–water partition coefficient (Wildman–Crippen LogP) is 2.62. The summed E-state index contributed by atoms with van der Waals surface area (Å²) in [6.07, 6.45) is 1.10. The van der Waals surface area contributed by atoms with E-state index in [9.17, 15) is 14.4 Å². The lowest BCUT2D eigenvalue weighted by molar-refractivity contribution is -0.139. The Balaban J connectivity index is 1.79. The Bertz CT molecular complexity index is 929. The molecular weight excluding hydrogens is 362 g/mol. The van der Waals surface area contributed by atoms with Crippen molar-refractivity contribution in [2.45, 2.75) is 51.7 Å².